The summed E-state index contributed by atoms with van der Waals surface area (Å²) in [6.45, 7) is 8.46. The first-order valence-corrected chi connectivity index (χ1v) is 18.0. The Bertz CT molecular complexity index is 582. The Morgan fingerprint density at radius 1 is 0.750 bits per heavy atom. The summed E-state index contributed by atoms with van der Waals surface area (Å²) in [5, 5.41) is 11.0. The van der Waals surface area contributed by atoms with Gasteiger partial charge in [0.25, 0.3) is 0 Å². The average Bonchev–Trinajstić information content (AvgIpc) is 3.33. The van der Waals surface area contributed by atoms with Crippen LogP contribution in [0.25, 0.3) is 0 Å². The minimum absolute atomic E-state index is 0.294. The van der Waals surface area contributed by atoms with Gasteiger partial charge in [-0.1, -0.05) is 112 Å². The zero-order chi connectivity index (χ0) is 28.8. The van der Waals surface area contributed by atoms with Crippen molar-refractivity contribution >= 4 is 8.58 Å². The van der Waals surface area contributed by atoms with Crippen LogP contribution in [0.4, 0.5) is 0 Å². The fourth-order valence-electron chi connectivity index (χ4n) is 5.96. The van der Waals surface area contributed by atoms with Crippen LogP contribution in [0.3, 0.4) is 0 Å². The number of rotatable bonds is 25. The van der Waals surface area contributed by atoms with Crippen molar-refractivity contribution in [1.29, 1.82) is 0 Å². The lowest BCUT2D eigenvalue weighted by Crippen LogP contribution is -2.45. The molecule has 1 N–H and O–H groups in total. The molecule has 238 valence electrons. The smallest absolute Gasteiger partial charge is 0.186 e. The minimum Gasteiger partial charge on any atom is -0.386 e. The van der Waals surface area contributed by atoms with Crippen LogP contribution in [0.2, 0.25) is 0 Å². The first-order chi connectivity index (χ1) is 19.6. The van der Waals surface area contributed by atoms with E-state index >= 15 is 0 Å². The van der Waals surface area contributed by atoms with Gasteiger partial charge < -0.3 is 33.9 Å². The van der Waals surface area contributed by atoms with Crippen LogP contribution in [0.5, 0.6) is 0 Å². The Hall–Kier alpha value is 0.150. The van der Waals surface area contributed by atoms with Crippen LogP contribution in [-0.4, -0.2) is 112 Å². The molecule has 0 bridgehead atoms. The molecular weight excluding hydrogens is 523 g/mol. The van der Waals surface area contributed by atoms with Crippen LogP contribution < -0.4 is 0 Å². The van der Waals surface area contributed by atoms with Gasteiger partial charge in [0, 0.05) is 53.6 Å². The normalized spacial score (nSPS) is 25.4. The van der Waals surface area contributed by atoms with Gasteiger partial charge in [-0.15, -0.1) is 0 Å². The van der Waals surface area contributed by atoms with Crippen LogP contribution in [-0.2, 0) is 18.9 Å². The second-order valence-corrected chi connectivity index (χ2v) is 13.6. The molecule has 0 aliphatic carbocycles. The average molecular weight is 589 g/mol. The molecule has 0 aromatic heterocycles. The molecule has 7 nitrogen and oxygen atoms in total. The fourth-order valence-corrected chi connectivity index (χ4v) is 7.20. The molecule has 0 radical (unpaired) electrons. The number of aliphatic hydroxyl groups is 1. The number of aliphatic hydroxyl groups excluding tert-OH is 1. The highest BCUT2D eigenvalue weighted by molar-refractivity contribution is 7.38. The van der Waals surface area contributed by atoms with E-state index in [1.165, 1.54) is 96.3 Å². The number of unbranched alkanes of at least 4 members (excludes halogenated alkanes) is 15. The van der Waals surface area contributed by atoms with E-state index in [1.807, 2.05) is 0 Å². The van der Waals surface area contributed by atoms with Gasteiger partial charge in [0.05, 0.1) is 5.85 Å². The number of hydrogen-bond acceptors (Lipinski definition) is 7. The number of hydrogen-bond donors (Lipinski definition) is 1. The highest BCUT2D eigenvalue weighted by Gasteiger charge is 2.48. The van der Waals surface area contributed by atoms with Crippen LogP contribution in [0, 0.1) is 0 Å². The van der Waals surface area contributed by atoms with Gasteiger partial charge in [-0.2, -0.15) is 0 Å². The van der Waals surface area contributed by atoms with Gasteiger partial charge in [-0.3, -0.25) is 0 Å². The van der Waals surface area contributed by atoms with E-state index in [-0.39, 0.29) is 12.2 Å². The molecule has 6 atom stereocenters. The fraction of sp³-hybridized carbons (Fsp3) is 1.00. The number of piperazine rings is 1. The zero-order valence-electron chi connectivity index (χ0n) is 26.6. The maximum absolute atomic E-state index is 11.0. The third-order valence-electron chi connectivity index (χ3n) is 8.71. The van der Waals surface area contributed by atoms with E-state index in [9.17, 15) is 5.11 Å². The Labute approximate surface area is 249 Å². The highest BCUT2D eigenvalue weighted by atomic mass is 31.1. The molecule has 2 fully saturated rings. The Morgan fingerprint density at radius 3 is 1.77 bits per heavy atom. The summed E-state index contributed by atoms with van der Waals surface area (Å²) in [5.41, 5.74) is 0. The second-order valence-electron chi connectivity index (χ2n) is 12.1. The van der Waals surface area contributed by atoms with Crippen LogP contribution >= 0.6 is 8.58 Å². The SMILES string of the molecule is CCCCCCCCCCCCCCCCCCO[C@@H]1[C@@H](OC)[C@@H](OC)O[C@@H]1C(O)PCCN1CCN(C)CC1. The summed E-state index contributed by atoms with van der Waals surface area (Å²) in [7, 11) is 5.90. The molecule has 8 heteroatoms. The van der Waals surface area contributed by atoms with Gasteiger partial charge in [0.1, 0.15) is 18.3 Å². The molecule has 0 aromatic rings. The van der Waals surface area contributed by atoms with Crippen molar-refractivity contribution < 1.29 is 24.1 Å². The van der Waals surface area contributed by atoms with Gasteiger partial charge in [0.2, 0.25) is 0 Å². The molecular formula is C32H65N2O5P. The largest absolute Gasteiger partial charge is 0.386 e. The van der Waals surface area contributed by atoms with E-state index in [1.54, 1.807) is 14.2 Å². The lowest BCUT2D eigenvalue weighted by Gasteiger charge is -2.32. The van der Waals surface area contributed by atoms with E-state index in [0.717, 1.165) is 45.3 Å². The van der Waals surface area contributed by atoms with Crippen molar-refractivity contribution in [3.63, 3.8) is 0 Å². The molecule has 0 amide bonds. The number of methoxy groups -OCH3 is 2. The standard InChI is InChI=1S/C32H65N2O5P/c1-5-6-7-8-9-10-11-12-13-14-15-16-17-18-19-20-26-38-28-29(39-32(37-4)30(28)36-3)31(35)40-27-25-34-23-21-33(2)22-24-34/h28-32,35,40H,5-27H2,1-4H3/t28-,29-,30+,31?,32-/m0/s1. The summed E-state index contributed by atoms with van der Waals surface area (Å²) < 4.78 is 23.6. The third kappa shape index (κ3) is 15.0. The third-order valence-corrected chi connectivity index (χ3v) is 9.97. The monoisotopic (exact) mass is 588 g/mol. The molecule has 2 saturated heterocycles. The predicted octanol–water partition coefficient (Wildman–Crippen LogP) is 6.26. The van der Waals surface area contributed by atoms with Crippen molar-refractivity contribution in [2.45, 2.75) is 140 Å². The Morgan fingerprint density at radius 2 is 1.27 bits per heavy atom. The van der Waals surface area contributed by atoms with E-state index < -0.39 is 18.2 Å². The lowest BCUT2D eigenvalue weighted by atomic mass is 10.0. The molecule has 40 heavy (non-hydrogen) atoms. The molecule has 0 spiro atoms. The maximum Gasteiger partial charge on any atom is 0.186 e. The van der Waals surface area contributed by atoms with Gasteiger partial charge in [-0.25, -0.2) is 0 Å². The molecule has 0 aromatic carbocycles. The molecule has 0 saturated carbocycles. The quantitative estimate of drug-likeness (QED) is 0.0997. The predicted molar refractivity (Wildman–Crippen MR) is 169 cm³/mol. The van der Waals surface area contributed by atoms with E-state index in [4.69, 9.17) is 18.9 Å². The van der Waals surface area contributed by atoms with Crippen molar-refractivity contribution in [3.8, 4) is 0 Å². The van der Waals surface area contributed by atoms with Crippen molar-refractivity contribution in [2.75, 3.05) is 66.8 Å². The topological polar surface area (TPSA) is 63.6 Å². The molecule has 2 unspecified atom stereocenters. The van der Waals surface area contributed by atoms with Crippen LogP contribution in [0.1, 0.15) is 110 Å². The lowest BCUT2D eigenvalue weighted by molar-refractivity contribution is -0.161. The Kier molecular flexibility index (Phi) is 21.4. The summed E-state index contributed by atoms with van der Waals surface area (Å²) in [6.07, 6.45) is 21.2. The van der Waals surface area contributed by atoms with Crippen molar-refractivity contribution in [2.24, 2.45) is 0 Å². The van der Waals surface area contributed by atoms with Gasteiger partial charge in [0.15, 0.2) is 6.29 Å². The first kappa shape index (κ1) is 36.3. The van der Waals surface area contributed by atoms with Crippen molar-refractivity contribution in [1.82, 2.24) is 9.80 Å². The summed E-state index contributed by atoms with van der Waals surface area (Å²) in [4.78, 5) is 4.87. The minimum atomic E-state index is -0.555. The van der Waals surface area contributed by atoms with E-state index in [2.05, 4.69) is 23.8 Å². The molecule has 2 heterocycles. The summed E-state index contributed by atoms with van der Waals surface area (Å²) in [6, 6.07) is 0. The highest BCUT2D eigenvalue weighted by Crippen LogP contribution is 2.34. The Balaban J connectivity index is 1.52. The zero-order valence-corrected chi connectivity index (χ0v) is 27.6. The second kappa shape index (κ2) is 23.6. The van der Waals surface area contributed by atoms with E-state index in [0.29, 0.717) is 15.2 Å². The molecule has 2 rings (SSSR count). The van der Waals surface area contributed by atoms with Crippen LogP contribution in [0.15, 0.2) is 0 Å². The molecule has 2 aliphatic heterocycles. The van der Waals surface area contributed by atoms with Gasteiger partial charge >= 0.3 is 0 Å². The maximum atomic E-state index is 11.0. The number of nitrogens with zero attached hydrogens (tertiary/aromatic N) is 2. The first-order valence-electron chi connectivity index (χ1n) is 16.8. The number of ether oxygens (including phenoxy) is 4. The van der Waals surface area contributed by atoms with Gasteiger partial charge in [-0.05, 0) is 19.6 Å². The summed E-state index contributed by atoms with van der Waals surface area (Å²) >= 11 is 0. The summed E-state index contributed by atoms with van der Waals surface area (Å²) in [5.74, 6) is -0.555. The number of likely N-dealkylation sites (N-methyl/N-ethyl adjacent to an activating group) is 1. The molecule has 2 aliphatic rings. The van der Waals surface area contributed by atoms with Crippen molar-refractivity contribution in [3.05, 3.63) is 0 Å².